The van der Waals surface area contributed by atoms with Crippen molar-refractivity contribution in [3.8, 4) is 0 Å². The van der Waals surface area contributed by atoms with Gasteiger partial charge in [0.05, 0.1) is 0 Å². The van der Waals surface area contributed by atoms with Crippen LogP contribution in [-0.4, -0.2) is 52.7 Å². The van der Waals surface area contributed by atoms with E-state index in [-0.39, 0.29) is 16.8 Å². The van der Waals surface area contributed by atoms with Crippen molar-refractivity contribution in [1.82, 2.24) is 14.9 Å². The van der Waals surface area contributed by atoms with Crippen LogP contribution in [0.3, 0.4) is 0 Å². The summed E-state index contributed by atoms with van der Waals surface area (Å²) in [5.41, 5.74) is -0.303. The van der Waals surface area contributed by atoms with Gasteiger partial charge in [-0.15, -0.1) is 0 Å². The Bertz CT molecular complexity index is 596. The van der Waals surface area contributed by atoms with Crippen LogP contribution in [0.25, 0.3) is 0 Å². The van der Waals surface area contributed by atoms with Crippen molar-refractivity contribution in [2.75, 3.05) is 31.1 Å². The van der Waals surface area contributed by atoms with Crippen molar-refractivity contribution in [3.63, 3.8) is 0 Å². The predicted molar refractivity (Wildman–Crippen MR) is 88.7 cm³/mol. The summed E-state index contributed by atoms with van der Waals surface area (Å²) in [6.07, 6.45) is 3.68. The summed E-state index contributed by atoms with van der Waals surface area (Å²) in [4.78, 5) is 24.4. The van der Waals surface area contributed by atoms with E-state index in [0.717, 1.165) is 44.8 Å². The predicted octanol–water partition coefficient (Wildman–Crippen LogP) is 2.97. The minimum absolute atomic E-state index is 0.145. The molecule has 6 nitrogen and oxygen atoms in total. The molecule has 2 saturated heterocycles. The summed E-state index contributed by atoms with van der Waals surface area (Å²) in [6, 6.07) is 1.88. The highest BCUT2D eigenvalue weighted by atomic mass is 35.5. The van der Waals surface area contributed by atoms with Crippen LogP contribution in [0.4, 0.5) is 10.6 Å². The zero-order valence-electron chi connectivity index (χ0n) is 13.9. The molecule has 1 spiro atoms. The van der Waals surface area contributed by atoms with Crippen LogP contribution in [0.2, 0.25) is 5.28 Å². The molecule has 0 bridgehead atoms. The van der Waals surface area contributed by atoms with Crippen molar-refractivity contribution >= 4 is 23.5 Å². The number of anilines is 1. The van der Waals surface area contributed by atoms with E-state index in [2.05, 4.69) is 14.9 Å². The third-order valence-corrected chi connectivity index (χ3v) is 4.48. The molecule has 1 aromatic heterocycles. The topological polar surface area (TPSA) is 58.6 Å². The number of nitrogens with zero attached hydrogens (tertiary/aromatic N) is 4. The normalized spacial score (nSPS) is 20.3. The molecule has 23 heavy (non-hydrogen) atoms. The Morgan fingerprint density at radius 3 is 2.74 bits per heavy atom. The van der Waals surface area contributed by atoms with Gasteiger partial charge in [-0.1, -0.05) is 0 Å². The molecule has 0 atom stereocenters. The monoisotopic (exact) mass is 338 g/mol. The van der Waals surface area contributed by atoms with Crippen LogP contribution < -0.4 is 4.90 Å². The largest absolute Gasteiger partial charge is 0.444 e. The number of rotatable bonds is 1. The standard InChI is InChI=1S/C16H23ClN4O2/c1-15(2,3)23-14(22)21-10-16(11-21)6-4-8-20(9-16)12-5-7-18-13(17)19-12/h5,7H,4,6,8-11H2,1-3H3. The van der Waals surface area contributed by atoms with Gasteiger partial charge in [-0.05, 0) is 51.3 Å². The maximum absolute atomic E-state index is 12.1. The van der Waals surface area contributed by atoms with Crippen LogP contribution in [0.1, 0.15) is 33.6 Å². The third kappa shape index (κ3) is 3.68. The van der Waals surface area contributed by atoms with Gasteiger partial charge in [-0.2, -0.15) is 0 Å². The number of halogens is 1. The van der Waals surface area contributed by atoms with E-state index in [0.29, 0.717) is 0 Å². The number of carbonyl (C=O) groups is 1. The van der Waals surface area contributed by atoms with E-state index < -0.39 is 5.60 Å². The summed E-state index contributed by atoms with van der Waals surface area (Å²) in [5.74, 6) is 0.861. The fourth-order valence-electron chi connectivity index (χ4n) is 3.38. The van der Waals surface area contributed by atoms with Crippen molar-refractivity contribution in [1.29, 1.82) is 0 Å². The van der Waals surface area contributed by atoms with Crippen molar-refractivity contribution in [2.45, 2.75) is 39.2 Å². The minimum atomic E-state index is -0.448. The molecule has 1 aromatic rings. The lowest BCUT2D eigenvalue weighted by Crippen LogP contribution is -2.64. The van der Waals surface area contributed by atoms with Crippen molar-refractivity contribution < 1.29 is 9.53 Å². The SMILES string of the molecule is CC(C)(C)OC(=O)N1CC2(CCCN(c3ccnc(Cl)n3)C2)C1. The highest BCUT2D eigenvalue weighted by molar-refractivity contribution is 6.28. The molecule has 0 aromatic carbocycles. The number of likely N-dealkylation sites (tertiary alicyclic amines) is 1. The quantitative estimate of drug-likeness (QED) is 0.737. The summed E-state index contributed by atoms with van der Waals surface area (Å²) in [5, 5.41) is 0.270. The third-order valence-electron chi connectivity index (χ3n) is 4.30. The Balaban J connectivity index is 1.61. The number of piperidine rings is 1. The first kappa shape index (κ1) is 16.3. The van der Waals surface area contributed by atoms with Crippen LogP contribution in [-0.2, 0) is 4.74 Å². The molecule has 3 rings (SSSR count). The summed E-state index contributed by atoms with van der Waals surface area (Å²) in [6.45, 7) is 9.01. The lowest BCUT2D eigenvalue weighted by Gasteiger charge is -2.54. The molecule has 0 saturated carbocycles. The Kier molecular flexibility index (Phi) is 4.12. The molecule has 0 unspecified atom stereocenters. The number of amides is 1. The molecule has 0 radical (unpaired) electrons. The van der Waals surface area contributed by atoms with Crippen molar-refractivity contribution in [3.05, 3.63) is 17.5 Å². The van der Waals surface area contributed by atoms with E-state index in [1.54, 1.807) is 11.1 Å². The molecule has 1 amide bonds. The Labute approximate surface area is 141 Å². The molecular formula is C16H23ClN4O2. The zero-order valence-corrected chi connectivity index (χ0v) is 14.6. The molecule has 2 fully saturated rings. The van der Waals surface area contributed by atoms with Crippen LogP contribution >= 0.6 is 11.6 Å². The second-order valence-electron chi connectivity index (χ2n) is 7.55. The molecule has 0 N–H and O–H groups in total. The molecule has 7 heteroatoms. The smallest absolute Gasteiger partial charge is 0.410 e. The zero-order chi connectivity index (χ0) is 16.7. The Morgan fingerprint density at radius 1 is 1.35 bits per heavy atom. The van der Waals surface area contributed by atoms with Crippen molar-refractivity contribution in [2.24, 2.45) is 5.41 Å². The molecular weight excluding hydrogens is 316 g/mol. The van der Waals surface area contributed by atoms with Gasteiger partial charge in [0, 0.05) is 37.8 Å². The fourth-order valence-corrected chi connectivity index (χ4v) is 3.53. The molecule has 0 aliphatic carbocycles. The lowest BCUT2D eigenvalue weighted by atomic mass is 9.73. The molecule has 2 aliphatic rings. The van der Waals surface area contributed by atoms with Gasteiger partial charge in [0.15, 0.2) is 0 Å². The van der Waals surface area contributed by atoms with Crippen LogP contribution in [0.5, 0.6) is 0 Å². The number of ether oxygens (including phenoxy) is 1. The Hall–Kier alpha value is -1.56. The molecule has 3 heterocycles. The number of carbonyl (C=O) groups excluding carboxylic acids is 1. The van der Waals surface area contributed by atoms with Gasteiger partial charge in [0.25, 0.3) is 0 Å². The minimum Gasteiger partial charge on any atom is -0.444 e. The summed E-state index contributed by atoms with van der Waals surface area (Å²) in [7, 11) is 0. The molecule has 2 aliphatic heterocycles. The summed E-state index contributed by atoms with van der Waals surface area (Å²) >= 11 is 5.89. The number of aromatic nitrogens is 2. The van der Waals surface area contributed by atoms with Gasteiger partial charge in [-0.3, -0.25) is 0 Å². The second-order valence-corrected chi connectivity index (χ2v) is 7.88. The summed E-state index contributed by atoms with van der Waals surface area (Å²) < 4.78 is 5.44. The van der Waals surface area contributed by atoms with Gasteiger partial charge in [0.2, 0.25) is 5.28 Å². The van der Waals surface area contributed by atoms with Gasteiger partial charge >= 0.3 is 6.09 Å². The van der Waals surface area contributed by atoms with Crippen LogP contribution in [0.15, 0.2) is 12.3 Å². The first-order valence-corrected chi connectivity index (χ1v) is 8.36. The lowest BCUT2D eigenvalue weighted by molar-refractivity contribution is -0.0391. The average molecular weight is 339 g/mol. The first-order valence-electron chi connectivity index (χ1n) is 7.98. The van der Waals surface area contributed by atoms with Crippen LogP contribution in [0, 0.1) is 5.41 Å². The van der Waals surface area contributed by atoms with Gasteiger partial charge < -0.3 is 14.5 Å². The fraction of sp³-hybridized carbons (Fsp3) is 0.688. The average Bonchev–Trinajstić information content (AvgIpc) is 2.43. The van der Waals surface area contributed by atoms with E-state index in [1.807, 2.05) is 26.8 Å². The van der Waals surface area contributed by atoms with Gasteiger partial charge in [0.1, 0.15) is 11.4 Å². The maximum Gasteiger partial charge on any atom is 0.410 e. The molecule has 126 valence electrons. The highest BCUT2D eigenvalue weighted by Gasteiger charge is 2.48. The van der Waals surface area contributed by atoms with E-state index in [9.17, 15) is 4.79 Å². The number of hydrogen-bond donors (Lipinski definition) is 0. The Morgan fingerprint density at radius 2 is 2.09 bits per heavy atom. The number of hydrogen-bond acceptors (Lipinski definition) is 5. The first-order chi connectivity index (χ1) is 10.8. The second kappa shape index (κ2) is 5.82. The van der Waals surface area contributed by atoms with E-state index in [1.165, 1.54) is 0 Å². The van der Waals surface area contributed by atoms with E-state index >= 15 is 0 Å². The maximum atomic E-state index is 12.1. The van der Waals surface area contributed by atoms with Gasteiger partial charge in [-0.25, -0.2) is 14.8 Å². The highest BCUT2D eigenvalue weighted by Crippen LogP contribution is 2.40. The van der Waals surface area contributed by atoms with E-state index in [4.69, 9.17) is 16.3 Å².